The van der Waals surface area contributed by atoms with Crippen LogP contribution in [0.15, 0.2) is 0 Å². The van der Waals surface area contributed by atoms with Crippen molar-refractivity contribution in [3.05, 3.63) is 0 Å². The Hall–Kier alpha value is 0.0900. The van der Waals surface area contributed by atoms with E-state index in [-0.39, 0.29) is 0 Å². The van der Waals surface area contributed by atoms with E-state index in [0.29, 0.717) is 0 Å². The molecule has 10 atom stereocenters. The normalized spacial score (nSPS) is 36.9. The second-order valence-electron chi connectivity index (χ2n) is 8.08. The zero-order chi connectivity index (χ0) is 27.5. The molecule has 0 bridgehead atoms. The number of esters is 3. The van der Waals surface area contributed by atoms with Crippen molar-refractivity contribution in [1.82, 2.24) is 0 Å². The van der Waals surface area contributed by atoms with Crippen LogP contribution in [-0.2, 0) is 47.5 Å². The highest BCUT2D eigenvalue weighted by atomic mass is 127. The molecule has 0 spiro atoms. The van der Waals surface area contributed by atoms with Crippen LogP contribution >= 0.6 is 80.0 Å². The highest BCUT2D eigenvalue weighted by molar-refractivity contribution is 14.1. The van der Waals surface area contributed by atoms with Crippen LogP contribution in [0.4, 0.5) is 0 Å². The highest BCUT2D eigenvalue weighted by Gasteiger charge is 2.53. The molecule has 2 fully saturated rings. The molecule has 0 amide bonds. The van der Waals surface area contributed by atoms with Crippen molar-refractivity contribution in [3.8, 4) is 0 Å². The van der Waals surface area contributed by atoms with Gasteiger partial charge in [-0.15, -0.1) is 0 Å². The van der Waals surface area contributed by atoms with Crippen LogP contribution in [0, 0.1) is 5.41 Å². The zero-order valence-corrected chi connectivity index (χ0v) is 26.3. The van der Waals surface area contributed by atoms with Crippen molar-refractivity contribution < 1.29 is 47.5 Å². The summed E-state index contributed by atoms with van der Waals surface area (Å²) >= 11 is 21.2. The molecule has 0 aliphatic carbocycles. The van der Waals surface area contributed by atoms with Gasteiger partial charge >= 0.3 is 17.9 Å². The Morgan fingerprint density at radius 3 is 1.56 bits per heavy atom. The summed E-state index contributed by atoms with van der Waals surface area (Å²) in [5.74, 6) is -2.37. The summed E-state index contributed by atoms with van der Waals surface area (Å²) in [5.41, 5.74) is 0. The Morgan fingerprint density at radius 2 is 1.11 bits per heavy atom. The van der Waals surface area contributed by atoms with E-state index in [2.05, 4.69) is 0 Å². The fourth-order valence-electron chi connectivity index (χ4n) is 3.66. The van der Waals surface area contributed by atoms with E-state index < -0.39 is 84.7 Å². The van der Waals surface area contributed by atoms with E-state index >= 15 is 0 Å². The van der Waals surface area contributed by atoms with Gasteiger partial charge in [-0.05, 0) is 13.8 Å². The van der Waals surface area contributed by atoms with Gasteiger partial charge in [0.2, 0.25) is 12.2 Å². The number of hydrogen-bond donors (Lipinski definition) is 1. The van der Waals surface area contributed by atoms with Gasteiger partial charge in [0.05, 0.1) is 12.2 Å². The van der Waals surface area contributed by atoms with Gasteiger partial charge in [0.1, 0.15) is 14.0 Å². The molecule has 1 unspecified atom stereocenters. The Labute approximate surface area is 250 Å². The third-order valence-electron chi connectivity index (χ3n) is 5.11. The molecule has 0 aromatic rings. The monoisotopic (exact) mass is 799 g/mol. The fraction of sp³-hybridized carbons (Fsp3) is 0.800. The van der Waals surface area contributed by atoms with E-state index in [0.717, 1.165) is 0 Å². The van der Waals surface area contributed by atoms with Crippen LogP contribution in [0.25, 0.3) is 0 Å². The lowest BCUT2D eigenvalue weighted by Gasteiger charge is -2.47. The predicted molar refractivity (Wildman–Crippen MR) is 145 cm³/mol. The van der Waals surface area contributed by atoms with Crippen LogP contribution in [0.5, 0.6) is 0 Å². The van der Waals surface area contributed by atoms with Gasteiger partial charge in [-0.3, -0.25) is 19.8 Å². The van der Waals surface area contributed by atoms with Crippen LogP contribution < -0.4 is 0 Å². The molecule has 2 saturated heterocycles. The van der Waals surface area contributed by atoms with Crippen LogP contribution in [-0.4, -0.2) is 84.7 Å². The molecule has 2 aliphatic heterocycles. The first kappa shape index (κ1) is 32.3. The maximum absolute atomic E-state index is 11.8. The molecule has 0 aromatic heterocycles. The first-order chi connectivity index (χ1) is 16.5. The van der Waals surface area contributed by atoms with Gasteiger partial charge in [0, 0.05) is 20.8 Å². The molecule has 1 N–H and O–H groups in total. The molecule has 0 aromatic carbocycles. The van der Waals surface area contributed by atoms with Gasteiger partial charge in [0.15, 0.2) is 24.6 Å². The predicted octanol–water partition coefficient (Wildman–Crippen LogP) is 3.63. The Balaban J connectivity index is 2.34. The van der Waals surface area contributed by atoms with Gasteiger partial charge in [-0.2, -0.15) is 0 Å². The smallest absolute Gasteiger partial charge is 0.303 e. The third-order valence-corrected chi connectivity index (χ3v) is 8.21. The zero-order valence-electron chi connectivity index (χ0n) is 19.7. The number of alkyl halides is 5. The quantitative estimate of drug-likeness (QED) is 0.106. The van der Waals surface area contributed by atoms with E-state index in [1.165, 1.54) is 20.8 Å². The van der Waals surface area contributed by atoms with E-state index in [4.69, 9.17) is 73.4 Å². The summed E-state index contributed by atoms with van der Waals surface area (Å²) in [4.78, 5) is 35.3. The minimum absolute atomic E-state index is 0.563. The van der Waals surface area contributed by atoms with Crippen molar-refractivity contribution >= 4 is 104 Å². The van der Waals surface area contributed by atoms with Crippen LogP contribution in [0.2, 0.25) is 0 Å². The van der Waals surface area contributed by atoms with Crippen molar-refractivity contribution in [1.29, 1.82) is 5.41 Å². The molecular formula is C20H26Cl3I2NO10. The summed E-state index contributed by atoms with van der Waals surface area (Å²) in [7, 11) is 0. The first-order valence-corrected chi connectivity index (χ1v) is 14.2. The molecule has 2 heterocycles. The number of hydrogen-bond acceptors (Lipinski definition) is 11. The van der Waals surface area contributed by atoms with Gasteiger partial charge < -0.3 is 33.2 Å². The second-order valence-corrected chi connectivity index (χ2v) is 13.2. The Morgan fingerprint density at radius 1 is 0.722 bits per heavy atom. The van der Waals surface area contributed by atoms with Gasteiger partial charge in [-0.25, -0.2) is 0 Å². The number of carbonyl (C=O) groups is 3. The maximum atomic E-state index is 11.8. The third kappa shape index (κ3) is 8.55. The van der Waals surface area contributed by atoms with Crippen molar-refractivity contribution in [2.75, 3.05) is 0 Å². The van der Waals surface area contributed by atoms with Crippen molar-refractivity contribution in [2.45, 2.75) is 95.5 Å². The molecule has 206 valence electrons. The second kappa shape index (κ2) is 13.4. The highest BCUT2D eigenvalue weighted by Crippen LogP contribution is 2.38. The molecule has 36 heavy (non-hydrogen) atoms. The molecule has 0 radical (unpaired) electrons. The number of nitrogens with one attached hydrogen (secondary N) is 1. The van der Waals surface area contributed by atoms with E-state index in [1.807, 2.05) is 45.2 Å². The van der Waals surface area contributed by atoms with E-state index in [1.54, 1.807) is 13.8 Å². The Kier molecular flexibility index (Phi) is 12.1. The number of halogens is 5. The summed E-state index contributed by atoms with van der Waals surface area (Å²) in [6, 6.07) is 0. The molecular weight excluding hydrogens is 774 g/mol. The molecule has 2 rings (SSSR count). The minimum Gasteiger partial charge on any atom is -0.457 e. The average Bonchev–Trinajstić information content (AvgIpc) is 2.72. The standard InChI is InChI=1S/C20H26Cl3I2NO10/c1-6-13(32-8(3)27)15(34-10(5)29)11(24)17(30-6)35-16-12(25)18(36-19(26)20(21,22)23)31-7(2)14(16)33-9(4)28/h6-7,11-18,26H,1-5H3/t6-,7-,11-,12-,13-,14-,15-,16-,17+,18?/m1/s1. The fourth-order valence-corrected chi connectivity index (χ4v) is 5.58. The largest absolute Gasteiger partial charge is 0.457 e. The van der Waals surface area contributed by atoms with Gasteiger partial charge in [-0.1, -0.05) is 80.0 Å². The lowest BCUT2D eigenvalue weighted by Crippen LogP contribution is -2.63. The number of rotatable bonds is 6. The molecule has 11 nitrogen and oxygen atoms in total. The van der Waals surface area contributed by atoms with Crippen LogP contribution in [0.3, 0.4) is 0 Å². The summed E-state index contributed by atoms with van der Waals surface area (Å²) in [6.07, 6.45) is -7.09. The molecule has 0 saturated carbocycles. The topological polar surface area (TPSA) is 140 Å². The number of carbonyl (C=O) groups excluding carboxylic acids is 3. The minimum atomic E-state index is -2.12. The van der Waals surface area contributed by atoms with Crippen LogP contribution in [0.1, 0.15) is 34.6 Å². The van der Waals surface area contributed by atoms with Crippen molar-refractivity contribution in [3.63, 3.8) is 0 Å². The summed E-state index contributed by atoms with van der Waals surface area (Å²) < 4.78 is 36.4. The lowest BCUT2D eigenvalue weighted by molar-refractivity contribution is -0.294. The number of ether oxygens (including phenoxy) is 7. The summed E-state index contributed by atoms with van der Waals surface area (Å²) in [6.45, 7) is 7.00. The first-order valence-electron chi connectivity index (χ1n) is 10.6. The Bertz CT molecular complexity index is 847. The maximum Gasteiger partial charge on any atom is 0.303 e. The van der Waals surface area contributed by atoms with E-state index in [9.17, 15) is 14.4 Å². The lowest BCUT2D eigenvalue weighted by atomic mass is 9.99. The van der Waals surface area contributed by atoms with Gasteiger partial charge in [0.25, 0.3) is 3.79 Å². The average molecular weight is 801 g/mol. The summed E-state index contributed by atoms with van der Waals surface area (Å²) in [5, 5.41) is 7.90. The molecule has 2 aliphatic rings. The molecule has 16 heteroatoms. The van der Waals surface area contributed by atoms with Crippen molar-refractivity contribution in [2.24, 2.45) is 0 Å². The SMILES string of the molecule is CC(=O)O[C@@H]1[C@@H](I)[C@H](O[C@H]2[C@H](OC(C)=O)[C@@H](C)OC(OC(=N)C(Cl)(Cl)Cl)[C@@H]2I)O[C@H](C)[C@H]1OC(C)=O.